The Bertz CT molecular complexity index is 1040. The maximum atomic E-state index is 11.5. The predicted molar refractivity (Wildman–Crippen MR) is 119 cm³/mol. The molecule has 0 bridgehead atoms. The monoisotopic (exact) mass is 418 g/mol. The van der Waals surface area contributed by atoms with Gasteiger partial charge in [-0.15, -0.1) is 0 Å². The normalized spacial score (nSPS) is 25.3. The largest absolute Gasteiger partial charge is 0.486 e. The van der Waals surface area contributed by atoms with Gasteiger partial charge in [0, 0.05) is 11.8 Å². The number of aromatic nitrogens is 2. The van der Waals surface area contributed by atoms with Gasteiger partial charge in [-0.1, -0.05) is 12.1 Å². The molecule has 2 aliphatic carbocycles. The number of aliphatic hydroxyl groups is 1. The van der Waals surface area contributed by atoms with Crippen molar-refractivity contribution >= 4 is 5.52 Å². The third-order valence-electron chi connectivity index (χ3n) is 7.46. The van der Waals surface area contributed by atoms with Gasteiger partial charge in [0.2, 0.25) is 0 Å². The van der Waals surface area contributed by atoms with Gasteiger partial charge in [0.25, 0.3) is 0 Å². The predicted octanol–water partition coefficient (Wildman–Crippen LogP) is 5.00. The van der Waals surface area contributed by atoms with Crippen molar-refractivity contribution in [2.75, 3.05) is 13.2 Å². The molecule has 3 aromatic rings. The molecular formula is C26H30N2O3. The Kier molecular flexibility index (Phi) is 4.96. The number of ether oxygens (including phenoxy) is 2. The maximum Gasteiger partial charge on any atom is 0.145 e. The molecule has 1 saturated heterocycles. The summed E-state index contributed by atoms with van der Waals surface area (Å²) in [6, 6.07) is 10.8. The van der Waals surface area contributed by atoms with Crippen molar-refractivity contribution < 1.29 is 14.6 Å². The summed E-state index contributed by atoms with van der Waals surface area (Å²) < 4.78 is 13.1. The van der Waals surface area contributed by atoms with Gasteiger partial charge in [0.05, 0.1) is 37.4 Å². The van der Waals surface area contributed by atoms with Crippen molar-refractivity contribution in [2.24, 2.45) is 5.92 Å². The molecule has 31 heavy (non-hydrogen) atoms. The van der Waals surface area contributed by atoms with E-state index in [1.165, 1.54) is 24.0 Å². The highest BCUT2D eigenvalue weighted by atomic mass is 16.6. The second-order valence-corrected chi connectivity index (χ2v) is 9.55. The van der Waals surface area contributed by atoms with Crippen molar-refractivity contribution in [3.05, 3.63) is 65.7 Å². The van der Waals surface area contributed by atoms with Gasteiger partial charge in [-0.05, 0) is 85.6 Å². The van der Waals surface area contributed by atoms with Crippen LogP contribution in [0.4, 0.5) is 0 Å². The molecule has 0 unspecified atom stereocenters. The van der Waals surface area contributed by atoms with Crippen molar-refractivity contribution in [2.45, 2.75) is 62.6 Å². The summed E-state index contributed by atoms with van der Waals surface area (Å²) in [5.74, 6) is 2.44. The van der Waals surface area contributed by atoms with Crippen molar-refractivity contribution in [3.63, 3.8) is 0 Å². The third kappa shape index (κ3) is 3.74. The van der Waals surface area contributed by atoms with E-state index in [1.54, 1.807) is 0 Å². The Labute approximate surface area is 183 Å². The first-order valence-electron chi connectivity index (χ1n) is 11.7. The molecule has 162 valence electrons. The molecule has 2 aromatic heterocycles. The highest BCUT2D eigenvalue weighted by molar-refractivity contribution is 5.59. The summed E-state index contributed by atoms with van der Waals surface area (Å²) in [6.07, 6.45) is 12.5. The number of rotatable bonds is 6. The molecule has 1 N–H and O–H groups in total. The standard InChI is InChI=1S/C26H30N2O3/c29-26(25-23(19-3-4-19)11-12-28-16-27-13-24(25)28)20-5-1-17(2-6-20)18-7-9-21(10-8-18)31-22-14-30-15-22/h7-13,16-17,19-20,22,26,29H,1-6,14-15H2/t17?,20?,26-/m1/s1. The molecule has 3 aliphatic rings. The average molecular weight is 419 g/mol. The number of imidazole rings is 1. The highest BCUT2D eigenvalue weighted by Gasteiger charge is 2.34. The van der Waals surface area contributed by atoms with E-state index in [2.05, 4.69) is 45.9 Å². The van der Waals surface area contributed by atoms with Crippen LogP contribution in [0.15, 0.2) is 49.1 Å². The number of fused-ring (bicyclic) bond motifs is 1. The first-order valence-corrected chi connectivity index (χ1v) is 11.7. The van der Waals surface area contributed by atoms with Crippen LogP contribution in [0.1, 0.15) is 73.2 Å². The summed E-state index contributed by atoms with van der Waals surface area (Å²) >= 11 is 0. The van der Waals surface area contributed by atoms with E-state index in [0.717, 1.165) is 42.5 Å². The van der Waals surface area contributed by atoms with Crippen molar-refractivity contribution in [1.82, 2.24) is 9.38 Å². The maximum absolute atomic E-state index is 11.5. The lowest BCUT2D eigenvalue weighted by molar-refractivity contribution is -0.0796. The Morgan fingerprint density at radius 2 is 1.71 bits per heavy atom. The Morgan fingerprint density at radius 1 is 0.968 bits per heavy atom. The average Bonchev–Trinajstić information content (AvgIpc) is 3.52. The molecule has 1 aliphatic heterocycles. The first-order chi connectivity index (χ1) is 15.3. The zero-order chi connectivity index (χ0) is 20.8. The van der Waals surface area contributed by atoms with Gasteiger partial charge < -0.3 is 19.0 Å². The molecule has 2 saturated carbocycles. The second kappa shape index (κ2) is 7.95. The van der Waals surface area contributed by atoms with E-state index in [9.17, 15) is 5.11 Å². The van der Waals surface area contributed by atoms with Crippen LogP contribution in [0, 0.1) is 5.92 Å². The van der Waals surface area contributed by atoms with E-state index in [-0.39, 0.29) is 6.10 Å². The lowest BCUT2D eigenvalue weighted by atomic mass is 9.75. The summed E-state index contributed by atoms with van der Waals surface area (Å²) in [5, 5.41) is 11.5. The summed E-state index contributed by atoms with van der Waals surface area (Å²) in [5.41, 5.74) is 4.94. The SMILES string of the molecule is O[C@@H](c1c(C2CC2)ccn2cncc12)C1CCC(c2ccc(OC3COC3)cc2)CC1. The van der Waals surface area contributed by atoms with Crippen LogP contribution in [0.25, 0.3) is 5.52 Å². The Morgan fingerprint density at radius 3 is 2.39 bits per heavy atom. The van der Waals surface area contributed by atoms with Gasteiger partial charge in [0.1, 0.15) is 11.9 Å². The minimum absolute atomic E-state index is 0.212. The fraction of sp³-hybridized carbons (Fsp3) is 0.500. The first kappa shape index (κ1) is 19.3. The highest BCUT2D eigenvalue weighted by Crippen LogP contribution is 2.48. The van der Waals surface area contributed by atoms with Gasteiger partial charge in [-0.25, -0.2) is 4.98 Å². The van der Waals surface area contributed by atoms with Crippen LogP contribution in [0.3, 0.4) is 0 Å². The lowest BCUT2D eigenvalue weighted by Crippen LogP contribution is -2.38. The molecule has 3 heterocycles. The summed E-state index contributed by atoms with van der Waals surface area (Å²) in [4.78, 5) is 4.33. The molecule has 1 atom stereocenters. The van der Waals surface area contributed by atoms with E-state index in [0.29, 0.717) is 31.0 Å². The Hall–Kier alpha value is -2.37. The summed E-state index contributed by atoms with van der Waals surface area (Å²) in [7, 11) is 0. The van der Waals surface area contributed by atoms with Crippen LogP contribution in [-0.2, 0) is 4.74 Å². The zero-order valence-corrected chi connectivity index (χ0v) is 17.8. The second-order valence-electron chi connectivity index (χ2n) is 9.55. The van der Waals surface area contributed by atoms with Gasteiger partial charge in [-0.3, -0.25) is 0 Å². The van der Waals surface area contributed by atoms with Crippen LogP contribution in [-0.4, -0.2) is 33.8 Å². The lowest BCUT2D eigenvalue weighted by Gasteiger charge is -2.33. The van der Waals surface area contributed by atoms with Crippen LogP contribution in [0.5, 0.6) is 5.75 Å². The molecule has 5 heteroatoms. The van der Waals surface area contributed by atoms with Gasteiger partial charge >= 0.3 is 0 Å². The van der Waals surface area contributed by atoms with Crippen LogP contribution < -0.4 is 4.74 Å². The fourth-order valence-electron chi connectivity index (χ4n) is 5.40. The molecule has 0 radical (unpaired) electrons. The number of pyridine rings is 1. The molecule has 6 rings (SSSR count). The van der Waals surface area contributed by atoms with Crippen LogP contribution in [0.2, 0.25) is 0 Å². The van der Waals surface area contributed by atoms with Crippen molar-refractivity contribution in [1.29, 1.82) is 0 Å². The Balaban J connectivity index is 1.14. The fourth-order valence-corrected chi connectivity index (χ4v) is 5.40. The molecular weight excluding hydrogens is 388 g/mol. The molecule has 1 aromatic carbocycles. The number of hydrogen-bond acceptors (Lipinski definition) is 4. The minimum atomic E-state index is -0.405. The zero-order valence-electron chi connectivity index (χ0n) is 17.8. The van der Waals surface area contributed by atoms with E-state index in [4.69, 9.17) is 9.47 Å². The smallest absolute Gasteiger partial charge is 0.145 e. The molecule has 3 fully saturated rings. The van der Waals surface area contributed by atoms with Crippen LogP contribution >= 0.6 is 0 Å². The number of nitrogens with zero attached hydrogens (tertiary/aromatic N) is 2. The van der Waals surface area contributed by atoms with E-state index in [1.807, 2.05) is 12.5 Å². The third-order valence-corrected chi connectivity index (χ3v) is 7.46. The molecule has 0 spiro atoms. The number of benzene rings is 1. The van der Waals surface area contributed by atoms with E-state index >= 15 is 0 Å². The molecule has 5 nitrogen and oxygen atoms in total. The molecule has 0 amide bonds. The van der Waals surface area contributed by atoms with Gasteiger partial charge in [0.15, 0.2) is 0 Å². The minimum Gasteiger partial charge on any atom is -0.486 e. The topological polar surface area (TPSA) is 56.0 Å². The van der Waals surface area contributed by atoms with Gasteiger partial charge in [-0.2, -0.15) is 0 Å². The number of hydrogen-bond donors (Lipinski definition) is 1. The number of aliphatic hydroxyl groups excluding tert-OH is 1. The van der Waals surface area contributed by atoms with E-state index < -0.39 is 6.10 Å². The van der Waals surface area contributed by atoms with Crippen molar-refractivity contribution in [3.8, 4) is 5.75 Å². The quantitative estimate of drug-likeness (QED) is 0.612. The summed E-state index contributed by atoms with van der Waals surface area (Å²) in [6.45, 7) is 1.40.